The second-order valence-electron chi connectivity index (χ2n) is 10.6. The maximum atomic E-state index is 13.3. The molecule has 7 heteroatoms. The van der Waals surface area contributed by atoms with Crippen molar-refractivity contribution in [2.45, 2.75) is 43.5 Å². The number of sulfonamides is 1. The minimum atomic E-state index is -3.48. The van der Waals surface area contributed by atoms with Crippen LogP contribution >= 0.6 is 11.3 Å². The quantitative estimate of drug-likeness (QED) is 0.231. The van der Waals surface area contributed by atoms with E-state index in [2.05, 4.69) is 70.5 Å². The predicted octanol–water partition coefficient (Wildman–Crippen LogP) is 5.86. The minimum absolute atomic E-state index is 0.326. The van der Waals surface area contributed by atoms with E-state index in [4.69, 9.17) is 0 Å². The zero-order valence-corrected chi connectivity index (χ0v) is 24.2. The van der Waals surface area contributed by atoms with Crippen LogP contribution in [0.5, 0.6) is 0 Å². The second-order valence-corrected chi connectivity index (χ2v) is 13.5. The van der Waals surface area contributed by atoms with Crippen molar-refractivity contribution >= 4 is 21.4 Å². The summed E-state index contributed by atoms with van der Waals surface area (Å²) < 4.78 is 28.3. The van der Waals surface area contributed by atoms with E-state index >= 15 is 0 Å². The van der Waals surface area contributed by atoms with E-state index in [0.29, 0.717) is 29.9 Å². The Morgan fingerprint density at radius 1 is 0.795 bits per heavy atom. The number of hydrogen-bond acceptors (Lipinski definition) is 5. The predicted molar refractivity (Wildman–Crippen MR) is 160 cm³/mol. The molecule has 4 aromatic rings. The van der Waals surface area contributed by atoms with Crippen LogP contribution in [0.25, 0.3) is 0 Å². The van der Waals surface area contributed by atoms with E-state index < -0.39 is 10.0 Å². The van der Waals surface area contributed by atoms with Crippen LogP contribution in [0.15, 0.2) is 102 Å². The Hall–Kier alpha value is -2.84. The lowest BCUT2D eigenvalue weighted by Crippen LogP contribution is -2.52. The van der Waals surface area contributed by atoms with Gasteiger partial charge in [-0.25, -0.2) is 8.42 Å². The van der Waals surface area contributed by atoms with Crippen molar-refractivity contribution < 1.29 is 8.42 Å². The molecule has 1 aromatic heterocycles. The van der Waals surface area contributed by atoms with Crippen molar-refractivity contribution in [2.24, 2.45) is 5.92 Å². The molecule has 1 aliphatic heterocycles. The van der Waals surface area contributed by atoms with Crippen molar-refractivity contribution in [3.05, 3.63) is 118 Å². The third kappa shape index (κ3) is 7.42. The Bertz CT molecular complexity index is 1340. The average Bonchev–Trinajstić information content (AvgIpc) is 3.47. The maximum Gasteiger partial charge on any atom is 0.243 e. The number of benzene rings is 3. The van der Waals surface area contributed by atoms with Crippen LogP contribution < -0.4 is 0 Å². The van der Waals surface area contributed by atoms with Gasteiger partial charge in [0.1, 0.15) is 0 Å². The lowest BCUT2D eigenvalue weighted by Gasteiger charge is -2.40. The molecule has 0 saturated carbocycles. The molecule has 1 unspecified atom stereocenters. The summed E-state index contributed by atoms with van der Waals surface area (Å²) in [6, 6.07) is 29.1. The first kappa shape index (κ1) is 27.7. The van der Waals surface area contributed by atoms with Crippen molar-refractivity contribution in [2.75, 3.05) is 26.2 Å². The van der Waals surface area contributed by atoms with Gasteiger partial charge in [0, 0.05) is 43.3 Å². The Labute approximate surface area is 237 Å². The monoisotopic (exact) mass is 559 g/mol. The number of piperazine rings is 1. The van der Waals surface area contributed by atoms with Crippen LogP contribution in [-0.4, -0.2) is 54.8 Å². The van der Waals surface area contributed by atoms with E-state index in [1.807, 2.05) is 30.8 Å². The van der Waals surface area contributed by atoms with Gasteiger partial charge in [0.15, 0.2) is 0 Å². The van der Waals surface area contributed by atoms with Gasteiger partial charge in [0.25, 0.3) is 0 Å². The second kappa shape index (κ2) is 13.0. The molecule has 1 aliphatic rings. The maximum absolute atomic E-state index is 13.3. The van der Waals surface area contributed by atoms with Gasteiger partial charge in [-0.2, -0.15) is 4.31 Å². The fourth-order valence-electron chi connectivity index (χ4n) is 5.62. The Morgan fingerprint density at radius 2 is 1.38 bits per heavy atom. The number of hydrogen-bond donors (Lipinski definition) is 0. The summed E-state index contributed by atoms with van der Waals surface area (Å²) in [6.45, 7) is 4.46. The molecule has 0 aliphatic carbocycles. The van der Waals surface area contributed by atoms with Crippen LogP contribution in [0.3, 0.4) is 0 Å². The third-order valence-electron chi connectivity index (χ3n) is 7.71. The molecular formula is C32H37N3O2S2. The molecule has 1 atom stereocenters. The molecule has 2 heterocycles. The molecule has 204 valence electrons. The summed E-state index contributed by atoms with van der Waals surface area (Å²) in [6.07, 6.45) is 6.02. The third-order valence-corrected chi connectivity index (χ3v) is 10.4. The van der Waals surface area contributed by atoms with E-state index in [0.717, 1.165) is 44.3 Å². The number of thiazole rings is 1. The number of rotatable bonds is 11. The molecule has 3 aromatic carbocycles. The number of aryl methyl sites for hydroxylation is 1. The Kier molecular flexibility index (Phi) is 9.24. The smallest absolute Gasteiger partial charge is 0.243 e. The summed E-state index contributed by atoms with van der Waals surface area (Å²) in [4.78, 5) is 8.52. The lowest BCUT2D eigenvalue weighted by molar-refractivity contribution is 0.118. The van der Waals surface area contributed by atoms with Crippen molar-refractivity contribution in [3.63, 3.8) is 0 Å². The molecule has 39 heavy (non-hydrogen) atoms. The van der Waals surface area contributed by atoms with Gasteiger partial charge in [0.05, 0.1) is 10.4 Å². The number of nitrogens with zero attached hydrogens (tertiary/aromatic N) is 3. The van der Waals surface area contributed by atoms with Crippen LogP contribution in [0.2, 0.25) is 0 Å². The van der Waals surface area contributed by atoms with Gasteiger partial charge >= 0.3 is 0 Å². The summed E-state index contributed by atoms with van der Waals surface area (Å²) in [5.74, 6) is 0.474. The lowest BCUT2D eigenvalue weighted by atomic mass is 9.86. The fraction of sp³-hybridized carbons (Fsp3) is 0.344. The summed E-state index contributed by atoms with van der Waals surface area (Å²) in [5, 5.41) is 0. The van der Waals surface area contributed by atoms with Crippen molar-refractivity contribution in [1.82, 2.24) is 14.2 Å². The molecule has 0 amide bonds. The zero-order valence-electron chi connectivity index (χ0n) is 22.5. The Morgan fingerprint density at radius 3 is 1.92 bits per heavy atom. The van der Waals surface area contributed by atoms with Crippen LogP contribution in [-0.2, 0) is 29.3 Å². The van der Waals surface area contributed by atoms with Crippen LogP contribution in [0.4, 0.5) is 0 Å². The molecule has 5 rings (SSSR count). The van der Waals surface area contributed by atoms with Gasteiger partial charge in [-0.05, 0) is 61.8 Å². The molecule has 1 saturated heterocycles. The van der Waals surface area contributed by atoms with Crippen molar-refractivity contribution in [3.8, 4) is 0 Å². The first-order valence-corrected chi connectivity index (χ1v) is 16.1. The van der Waals surface area contributed by atoms with Gasteiger partial charge in [-0.15, -0.1) is 11.3 Å². The highest BCUT2D eigenvalue weighted by Crippen LogP contribution is 2.27. The molecular weight excluding hydrogens is 523 g/mol. The molecule has 0 radical (unpaired) electrons. The van der Waals surface area contributed by atoms with Gasteiger partial charge < -0.3 is 0 Å². The molecule has 0 spiro atoms. The first-order chi connectivity index (χ1) is 19.0. The zero-order chi connectivity index (χ0) is 27.1. The summed E-state index contributed by atoms with van der Waals surface area (Å²) in [5.41, 5.74) is 5.70. The van der Waals surface area contributed by atoms with E-state index in [-0.39, 0.29) is 0 Å². The van der Waals surface area contributed by atoms with Crippen molar-refractivity contribution in [1.29, 1.82) is 0 Å². The summed E-state index contributed by atoms with van der Waals surface area (Å²) >= 11 is 1.71. The molecule has 0 N–H and O–H groups in total. The van der Waals surface area contributed by atoms with Crippen LogP contribution in [0.1, 0.15) is 28.0 Å². The summed E-state index contributed by atoms with van der Waals surface area (Å²) in [7, 11) is -3.48. The standard InChI is InChI=1S/C32H37N3O2S2/c1-26-12-14-32(15-13-26)39(36,37)35-18-16-34(17-19-35)30(23-31-24-33-25-38-31)22-29(20-27-8-4-2-5-9-27)21-28-10-6-3-7-11-28/h2-15,24-25,29-30H,16-23H2,1H3. The highest BCUT2D eigenvalue weighted by molar-refractivity contribution is 7.89. The van der Waals surface area contributed by atoms with Crippen LogP contribution in [0, 0.1) is 12.8 Å². The number of aromatic nitrogens is 1. The largest absolute Gasteiger partial charge is 0.297 e. The topological polar surface area (TPSA) is 53.5 Å². The normalized spacial score (nSPS) is 15.9. The SMILES string of the molecule is Cc1ccc(S(=O)(=O)N2CCN(C(Cc3cncs3)CC(Cc3ccccc3)Cc3ccccc3)CC2)cc1. The van der Waals surface area contributed by atoms with Gasteiger partial charge in [-0.1, -0.05) is 78.4 Å². The van der Waals surface area contributed by atoms with E-state index in [9.17, 15) is 8.42 Å². The molecule has 1 fully saturated rings. The minimum Gasteiger partial charge on any atom is -0.297 e. The average molecular weight is 560 g/mol. The van der Waals surface area contributed by atoms with Gasteiger partial charge in [-0.3, -0.25) is 9.88 Å². The first-order valence-electron chi connectivity index (χ1n) is 13.7. The van der Waals surface area contributed by atoms with Gasteiger partial charge in [0.2, 0.25) is 10.0 Å². The fourth-order valence-corrected chi connectivity index (χ4v) is 7.71. The van der Waals surface area contributed by atoms with E-state index in [1.165, 1.54) is 16.0 Å². The Balaban J connectivity index is 1.32. The van der Waals surface area contributed by atoms with E-state index in [1.54, 1.807) is 27.8 Å². The molecule has 5 nitrogen and oxygen atoms in total. The highest BCUT2D eigenvalue weighted by Gasteiger charge is 2.32. The highest BCUT2D eigenvalue weighted by atomic mass is 32.2. The molecule has 0 bridgehead atoms.